The number of hydrogen-bond donors (Lipinski definition) is 1. The third-order valence-corrected chi connectivity index (χ3v) is 4.25. The molecule has 0 aromatic heterocycles. The molecule has 0 radical (unpaired) electrons. The van der Waals surface area contributed by atoms with E-state index < -0.39 is 17.6 Å². The molecular weight excluding hydrogens is 251 g/mol. The number of nitrogens with two attached hydrogens (primary N) is 1. The van der Waals surface area contributed by atoms with Crippen molar-refractivity contribution in [1.82, 2.24) is 0 Å². The molecule has 2 rings (SSSR count). The van der Waals surface area contributed by atoms with Gasteiger partial charge in [0.1, 0.15) is 0 Å². The Morgan fingerprint density at radius 1 is 1.26 bits per heavy atom. The van der Waals surface area contributed by atoms with Gasteiger partial charge >= 0.3 is 6.18 Å². The second-order valence-electron chi connectivity index (χ2n) is 5.53. The molecule has 0 unspecified atom stereocenters. The maximum Gasteiger partial charge on any atom is 0.391 e. The summed E-state index contributed by atoms with van der Waals surface area (Å²) in [6, 6.07) is 7.94. The summed E-state index contributed by atoms with van der Waals surface area (Å²) in [5.41, 5.74) is 7.91. The molecule has 4 heteroatoms. The molecule has 19 heavy (non-hydrogen) atoms. The van der Waals surface area contributed by atoms with Crippen molar-refractivity contribution in [2.24, 2.45) is 11.7 Å². The van der Waals surface area contributed by atoms with Crippen LogP contribution in [0.5, 0.6) is 0 Å². The summed E-state index contributed by atoms with van der Waals surface area (Å²) in [6.45, 7) is 2.06. The summed E-state index contributed by atoms with van der Waals surface area (Å²) in [5, 5.41) is 0. The van der Waals surface area contributed by atoms with E-state index in [0.717, 1.165) is 12.0 Å². The van der Waals surface area contributed by atoms with Gasteiger partial charge < -0.3 is 5.73 Å². The predicted octanol–water partition coefficient (Wildman–Crippen LogP) is 4.16. The molecule has 2 N–H and O–H groups in total. The first-order valence-corrected chi connectivity index (χ1v) is 6.80. The fourth-order valence-electron chi connectivity index (χ4n) is 2.85. The molecule has 1 aliphatic carbocycles. The second kappa shape index (κ2) is 5.16. The van der Waals surface area contributed by atoms with Crippen LogP contribution >= 0.6 is 0 Å². The topological polar surface area (TPSA) is 26.0 Å². The van der Waals surface area contributed by atoms with E-state index in [4.69, 9.17) is 5.73 Å². The van der Waals surface area contributed by atoms with Gasteiger partial charge in [0.15, 0.2) is 0 Å². The van der Waals surface area contributed by atoms with Gasteiger partial charge in [0.2, 0.25) is 0 Å². The van der Waals surface area contributed by atoms with Gasteiger partial charge in [-0.2, -0.15) is 13.2 Å². The number of benzene rings is 1. The molecule has 0 heterocycles. The Hall–Kier alpha value is -1.03. The summed E-state index contributed by atoms with van der Waals surface area (Å²) >= 11 is 0. The molecule has 0 spiro atoms. The van der Waals surface area contributed by atoms with Crippen molar-refractivity contribution in [3.63, 3.8) is 0 Å². The van der Waals surface area contributed by atoms with Crippen LogP contribution < -0.4 is 5.73 Å². The molecule has 1 aromatic rings. The Morgan fingerprint density at radius 3 is 2.42 bits per heavy atom. The number of aryl methyl sites for hydroxylation is 1. The minimum Gasteiger partial charge on any atom is -0.321 e. The predicted molar refractivity (Wildman–Crippen MR) is 69.7 cm³/mol. The SMILES string of the molecule is CCc1cccc(C2(N)CCC(C(F)(F)F)CC2)c1. The van der Waals surface area contributed by atoms with Crippen LogP contribution in [-0.2, 0) is 12.0 Å². The third-order valence-electron chi connectivity index (χ3n) is 4.25. The minimum atomic E-state index is -4.08. The van der Waals surface area contributed by atoms with E-state index in [1.807, 2.05) is 24.3 Å². The van der Waals surface area contributed by atoms with Gasteiger partial charge in [-0.25, -0.2) is 0 Å². The van der Waals surface area contributed by atoms with Crippen LogP contribution in [0.4, 0.5) is 13.2 Å². The molecule has 1 saturated carbocycles. The van der Waals surface area contributed by atoms with Crippen molar-refractivity contribution in [1.29, 1.82) is 0 Å². The van der Waals surface area contributed by atoms with Gasteiger partial charge in [-0.3, -0.25) is 0 Å². The normalized spacial score (nSPS) is 28.4. The fourth-order valence-corrected chi connectivity index (χ4v) is 2.85. The van der Waals surface area contributed by atoms with Crippen LogP contribution in [0.1, 0.15) is 43.7 Å². The molecule has 1 nitrogen and oxygen atoms in total. The van der Waals surface area contributed by atoms with Crippen molar-refractivity contribution in [2.75, 3.05) is 0 Å². The van der Waals surface area contributed by atoms with Crippen LogP contribution in [-0.4, -0.2) is 6.18 Å². The molecule has 1 aromatic carbocycles. The summed E-state index contributed by atoms with van der Waals surface area (Å²) in [5.74, 6) is -1.18. The standard InChI is InChI=1S/C15H20F3N/c1-2-11-4-3-5-13(10-11)14(19)8-6-12(7-9-14)15(16,17)18/h3-5,10,12H,2,6-9,19H2,1H3. The maximum absolute atomic E-state index is 12.7. The van der Waals surface area contributed by atoms with E-state index in [1.165, 1.54) is 5.56 Å². The monoisotopic (exact) mass is 271 g/mol. The minimum absolute atomic E-state index is 0.135. The number of halogens is 3. The first-order chi connectivity index (χ1) is 8.85. The molecule has 1 fully saturated rings. The summed E-state index contributed by atoms with van der Waals surface area (Å²) < 4.78 is 38.0. The quantitative estimate of drug-likeness (QED) is 0.859. The summed E-state index contributed by atoms with van der Waals surface area (Å²) in [4.78, 5) is 0. The van der Waals surface area contributed by atoms with Gasteiger partial charge in [-0.15, -0.1) is 0 Å². The van der Waals surface area contributed by atoms with Crippen molar-refractivity contribution < 1.29 is 13.2 Å². The lowest BCUT2D eigenvalue weighted by atomic mass is 9.73. The third kappa shape index (κ3) is 3.11. The van der Waals surface area contributed by atoms with Crippen LogP contribution in [0.2, 0.25) is 0 Å². The van der Waals surface area contributed by atoms with Crippen molar-refractivity contribution >= 4 is 0 Å². The number of alkyl halides is 3. The van der Waals surface area contributed by atoms with Crippen LogP contribution in [0.15, 0.2) is 24.3 Å². The van der Waals surface area contributed by atoms with Crippen LogP contribution in [0, 0.1) is 5.92 Å². The average molecular weight is 271 g/mol. The van der Waals surface area contributed by atoms with E-state index in [9.17, 15) is 13.2 Å². The zero-order valence-corrected chi connectivity index (χ0v) is 11.1. The highest BCUT2D eigenvalue weighted by Gasteiger charge is 2.45. The molecule has 106 valence electrons. The lowest BCUT2D eigenvalue weighted by Crippen LogP contribution is -2.43. The Morgan fingerprint density at radius 2 is 1.89 bits per heavy atom. The van der Waals surface area contributed by atoms with Gasteiger partial charge in [0, 0.05) is 5.54 Å². The maximum atomic E-state index is 12.7. The highest BCUT2D eigenvalue weighted by atomic mass is 19.4. The van der Waals surface area contributed by atoms with E-state index >= 15 is 0 Å². The summed E-state index contributed by atoms with van der Waals surface area (Å²) in [7, 11) is 0. The molecule has 0 amide bonds. The Balaban J connectivity index is 2.13. The van der Waals surface area contributed by atoms with E-state index in [-0.39, 0.29) is 12.8 Å². The van der Waals surface area contributed by atoms with E-state index in [2.05, 4.69) is 6.92 Å². The highest BCUT2D eigenvalue weighted by Crippen LogP contribution is 2.43. The smallest absolute Gasteiger partial charge is 0.321 e. The van der Waals surface area contributed by atoms with E-state index in [0.29, 0.717) is 12.8 Å². The molecule has 0 atom stereocenters. The van der Waals surface area contributed by atoms with Gasteiger partial charge in [-0.1, -0.05) is 31.2 Å². The van der Waals surface area contributed by atoms with Gasteiger partial charge in [-0.05, 0) is 43.2 Å². The molecule has 0 bridgehead atoms. The Kier molecular flexibility index (Phi) is 3.90. The second-order valence-corrected chi connectivity index (χ2v) is 5.53. The molecular formula is C15H20F3N. The lowest BCUT2D eigenvalue weighted by molar-refractivity contribution is -0.184. The first-order valence-electron chi connectivity index (χ1n) is 6.80. The fraction of sp³-hybridized carbons (Fsp3) is 0.600. The zero-order valence-electron chi connectivity index (χ0n) is 11.1. The largest absolute Gasteiger partial charge is 0.391 e. The number of rotatable bonds is 2. The van der Waals surface area contributed by atoms with Gasteiger partial charge in [0.05, 0.1) is 5.92 Å². The highest BCUT2D eigenvalue weighted by molar-refractivity contribution is 5.30. The van der Waals surface area contributed by atoms with Crippen molar-refractivity contribution in [3.8, 4) is 0 Å². The molecule has 0 aliphatic heterocycles. The van der Waals surface area contributed by atoms with Crippen LogP contribution in [0.25, 0.3) is 0 Å². The molecule has 0 saturated heterocycles. The van der Waals surface area contributed by atoms with Crippen LogP contribution in [0.3, 0.4) is 0 Å². The summed E-state index contributed by atoms with van der Waals surface area (Å²) in [6.07, 6.45) is -2.08. The average Bonchev–Trinajstić information content (AvgIpc) is 2.38. The van der Waals surface area contributed by atoms with Gasteiger partial charge in [0.25, 0.3) is 0 Å². The molecule has 1 aliphatic rings. The van der Waals surface area contributed by atoms with E-state index in [1.54, 1.807) is 0 Å². The Bertz CT molecular complexity index is 431. The number of hydrogen-bond acceptors (Lipinski definition) is 1. The van der Waals surface area contributed by atoms with Crippen molar-refractivity contribution in [3.05, 3.63) is 35.4 Å². The Labute approximate surface area is 112 Å². The zero-order chi connectivity index (χ0) is 14.1. The first kappa shape index (κ1) is 14.4. The lowest BCUT2D eigenvalue weighted by Gasteiger charge is -2.38. The van der Waals surface area contributed by atoms with Crippen molar-refractivity contribution in [2.45, 2.75) is 50.7 Å².